The monoisotopic (exact) mass is 486 g/mol. The molecule has 2 aromatic carbocycles. The number of ether oxygens (including phenoxy) is 1. The number of carbonyl (C=O) groups excluding carboxylic acids is 1. The molecule has 1 N–H and O–H groups in total. The van der Waals surface area contributed by atoms with Gasteiger partial charge in [0.05, 0.1) is 0 Å². The fourth-order valence-corrected chi connectivity index (χ4v) is 2.69. The number of pyridine rings is 1. The van der Waals surface area contributed by atoms with E-state index >= 15 is 0 Å². The Bertz CT molecular complexity index is 888. The van der Waals surface area contributed by atoms with Crippen molar-refractivity contribution in [3.05, 3.63) is 86.9 Å². The van der Waals surface area contributed by atoms with Crippen molar-refractivity contribution in [2.75, 3.05) is 5.32 Å². The average Bonchev–Trinajstić information content (AvgIpc) is 2.64. The number of halogens is 4. The third kappa shape index (κ3) is 6.11. The van der Waals surface area contributed by atoms with E-state index in [4.69, 9.17) is 27.9 Å². The number of nitrogens with zero attached hydrogens (tertiary/aromatic N) is 1. The highest BCUT2D eigenvalue weighted by atomic mass is 79.9. The summed E-state index contributed by atoms with van der Waals surface area (Å²) in [5, 5.41) is 3.92. The second-order valence-electron chi connectivity index (χ2n) is 5.35. The zero-order valence-electron chi connectivity index (χ0n) is 13.7. The van der Waals surface area contributed by atoms with E-state index in [1.165, 1.54) is 0 Å². The molecule has 4 nitrogen and oxygen atoms in total. The summed E-state index contributed by atoms with van der Waals surface area (Å²) < 4.78 is 6.72. The van der Waals surface area contributed by atoms with Crippen molar-refractivity contribution in [3.8, 4) is 5.75 Å². The normalized spacial score (nSPS) is 11.2. The number of aromatic nitrogens is 1. The Morgan fingerprint density at radius 3 is 2.11 bits per heavy atom. The minimum atomic E-state index is -0.876. The van der Waals surface area contributed by atoms with Gasteiger partial charge in [0, 0.05) is 26.3 Å². The molecule has 1 unspecified atom stereocenters. The van der Waals surface area contributed by atoms with Gasteiger partial charge in [-0.05, 0) is 64.5 Å². The van der Waals surface area contributed by atoms with E-state index in [1.54, 1.807) is 66.9 Å². The summed E-state index contributed by atoms with van der Waals surface area (Å²) in [7, 11) is 0. The van der Waals surface area contributed by atoms with Crippen molar-refractivity contribution >= 4 is 63.3 Å². The molecular weight excluding hydrogens is 474 g/mol. The molecule has 1 atom stereocenters. The van der Waals surface area contributed by atoms with E-state index in [0.717, 1.165) is 4.47 Å². The van der Waals surface area contributed by atoms with Gasteiger partial charge in [-0.3, -0.25) is 4.79 Å². The summed E-state index contributed by atoms with van der Waals surface area (Å²) in [4.78, 5) is 17.0. The second kappa shape index (κ2) is 9.95. The highest BCUT2D eigenvalue weighted by Crippen LogP contribution is 2.26. The van der Waals surface area contributed by atoms with E-state index in [0.29, 0.717) is 27.2 Å². The molecule has 0 saturated carbocycles. The molecule has 0 radical (unpaired) electrons. The minimum absolute atomic E-state index is 0. The Morgan fingerprint density at radius 2 is 1.56 bits per heavy atom. The molecule has 0 fully saturated rings. The summed E-state index contributed by atoms with van der Waals surface area (Å²) in [6.45, 7) is 0. The van der Waals surface area contributed by atoms with Gasteiger partial charge in [-0.1, -0.05) is 35.3 Å². The van der Waals surface area contributed by atoms with E-state index in [-0.39, 0.29) is 18.3 Å². The standard InChI is InChI=1S/C19H13BrCl2N2O2.ClH/c20-13-3-10-17(23-11-13)24-19(25)18(12-1-4-14(21)5-2-12)26-16-8-6-15(22)7-9-16;/h1-11,18H,(H,23,24,25);1H. The molecule has 140 valence electrons. The number of nitrogens with one attached hydrogen (secondary N) is 1. The van der Waals surface area contributed by atoms with Gasteiger partial charge >= 0.3 is 0 Å². The maximum Gasteiger partial charge on any atom is 0.271 e. The van der Waals surface area contributed by atoms with Crippen LogP contribution in [0.15, 0.2) is 71.3 Å². The Kier molecular flexibility index (Phi) is 7.92. The Morgan fingerprint density at radius 1 is 0.963 bits per heavy atom. The lowest BCUT2D eigenvalue weighted by atomic mass is 10.1. The molecule has 0 aliphatic rings. The quantitative estimate of drug-likeness (QED) is 0.457. The molecule has 0 aliphatic heterocycles. The number of hydrogen-bond donors (Lipinski definition) is 1. The third-order valence-electron chi connectivity index (χ3n) is 3.46. The summed E-state index contributed by atoms with van der Waals surface area (Å²) in [5.74, 6) is 0.599. The molecule has 3 rings (SSSR count). The first-order valence-electron chi connectivity index (χ1n) is 7.61. The van der Waals surface area contributed by atoms with Gasteiger partial charge < -0.3 is 10.1 Å². The lowest BCUT2D eigenvalue weighted by molar-refractivity contribution is -0.123. The number of anilines is 1. The molecule has 0 bridgehead atoms. The van der Waals surface area contributed by atoms with Gasteiger partial charge in [0.2, 0.25) is 6.10 Å². The van der Waals surface area contributed by atoms with E-state index in [2.05, 4.69) is 26.2 Å². The van der Waals surface area contributed by atoms with Crippen LogP contribution >= 0.6 is 51.5 Å². The lowest BCUT2D eigenvalue weighted by Gasteiger charge is -2.19. The Balaban J connectivity index is 0.00000261. The van der Waals surface area contributed by atoms with Crippen molar-refractivity contribution in [1.82, 2.24) is 4.98 Å². The molecule has 8 heteroatoms. The molecule has 1 aromatic heterocycles. The second-order valence-corrected chi connectivity index (χ2v) is 7.14. The number of carbonyl (C=O) groups is 1. The van der Waals surface area contributed by atoms with Crippen LogP contribution in [-0.4, -0.2) is 10.9 Å². The SMILES string of the molecule is Cl.O=C(Nc1ccc(Br)cn1)C(Oc1ccc(Cl)cc1)c1ccc(Cl)cc1. The van der Waals surface area contributed by atoms with Crippen LogP contribution in [0.2, 0.25) is 10.0 Å². The Hall–Kier alpha value is -1.79. The first-order valence-corrected chi connectivity index (χ1v) is 9.16. The van der Waals surface area contributed by atoms with E-state index in [9.17, 15) is 4.79 Å². The maximum atomic E-state index is 12.8. The van der Waals surface area contributed by atoms with Crippen molar-refractivity contribution in [2.24, 2.45) is 0 Å². The fraction of sp³-hybridized carbons (Fsp3) is 0.0526. The van der Waals surface area contributed by atoms with Gasteiger partial charge in [0.15, 0.2) is 0 Å². The first-order chi connectivity index (χ1) is 12.5. The van der Waals surface area contributed by atoms with Crippen LogP contribution < -0.4 is 10.1 Å². The summed E-state index contributed by atoms with van der Waals surface area (Å²) in [5.41, 5.74) is 0.666. The smallest absolute Gasteiger partial charge is 0.271 e. The van der Waals surface area contributed by atoms with Crippen LogP contribution in [0, 0.1) is 0 Å². The predicted octanol–water partition coefficient (Wildman–Crippen LogP) is 6.33. The van der Waals surface area contributed by atoms with Gasteiger partial charge in [-0.2, -0.15) is 0 Å². The van der Waals surface area contributed by atoms with Crippen molar-refractivity contribution in [1.29, 1.82) is 0 Å². The first kappa shape index (κ1) is 21.5. The zero-order chi connectivity index (χ0) is 18.5. The molecule has 1 heterocycles. The molecule has 0 saturated heterocycles. The van der Waals surface area contributed by atoms with Crippen LogP contribution in [0.4, 0.5) is 5.82 Å². The molecule has 27 heavy (non-hydrogen) atoms. The number of amides is 1. The van der Waals surface area contributed by atoms with Crippen LogP contribution in [0.25, 0.3) is 0 Å². The van der Waals surface area contributed by atoms with Crippen LogP contribution in [-0.2, 0) is 4.79 Å². The minimum Gasteiger partial charge on any atom is -0.476 e. The number of rotatable bonds is 5. The predicted molar refractivity (Wildman–Crippen MR) is 114 cm³/mol. The van der Waals surface area contributed by atoms with Crippen molar-refractivity contribution < 1.29 is 9.53 Å². The van der Waals surface area contributed by atoms with Gasteiger partial charge in [0.25, 0.3) is 5.91 Å². The van der Waals surface area contributed by atoms with Gasteiger partial charge in [0.1, 0.15) is 11.6 Å². The van der Waals surface area contributed by atoms with Gasteiger partial charge in [-0.25, -0.2) is 4.98 Å². The molecular formula is C19H14BrCl3N2O2. The summed E-state index contributed by atoms with van der Waals surface area (Å²) >= 11 is 15.2. The average molecular weight is 489 g/mol. The van der Waals surface area contributed by atoms with Crippen LogP contribution in [0.1, 0.15) is 11.7 Å². The molecule has 0 spiro atoms. The van der Waals surface area contributed by atoms with Crippen molar-refractivity contribution in [2.45, 2.75) is 6.10 Å². The molecule has 1 amide bonds. The maximum absolute atomic E-state index is 12.8. The molecule has 3 aromatic rings. The third-order valence-corrected chi connectivity index (χ3v) is 4.43. The highest BCUT2D eigenvalue weighted by Gasteiger charge is 2.23. The highest BCUT2D eigenvalue weighted by molar-refractivity contribution is 9.10. The number of benzene rings is 2. The van der Waals surface area contributed by atoms with Crippen molar-refractivity contribution in [3.63, 3.8) is 0 Å². The van der Waals surface area contributed by atoms with E-state index in [1.807, 2.05) is 0 Å². The summed E-state index contributed by atoms with van der Waals surface area (Å²) in [6, 6.07) is 17.2. The lowest BCUT2D eigenvalue weighted by Crippen LogP contribution is -2.26. The largest absolute Gasteiger partial charge is 0.476 e. The Labute approximate surface area is 181 Å². The summed E-state index contributed by atoms with van der Waals surface area (Å²) in [6.07, 6.45) is 0.728. The zero-order valence-corrected chi connectivity index (χ0v) is 17.6. The molecule has 0 aliphatic carbocycles. The topological polar surface area (TPSA) is 51.2 Å². The van der Waals surface area contributed by atoms with Crippen LogP contribution in [0.3, 0.4) is 0 Å². The number of hydrogen-bond acceptors (Lipinski definition) is 3. The fourth-order valence-electron chi connectivity index (χ4n) is 2.20. The van der Waals surface area contributed by atoms with Gasteiger partial charge in [-0.15, -0.1) is 12.4 Å². The van der Waals surface area contributed by atoms with E-state index < -0.39 is 6.10 Å². The van der Waals surface area contributed by atoms with Crippen LogP contribution in [0.5, 0.6) is 5.75 Å².